The molecule has 102 valence electrons. The first-order chi connectivity index (χ1) is 8.50. The maximum absolute atomic E-state index is 12.1. The van der Waals surface area contributed by atoms with Crippen molar-refractivity contribution in [2.75, 3.05) is 19.7 Å². The minimum atomic E-state index is -1.02. The van der Waals surface area contributed by atoms with Crippen molar-refractivity contribution in [3.63, 3.8) is 0 Å². The average molecular weight is 256 g/mol. The number of carbonyl (C=O) groups is 2. The summed E-state index contributed by atoms with van der Waals surface area (Å²) in [7, 11) is 0. The van der Waals surface area contributed by atoms with Crippen molar-refractivity contribution in [3.8, 4) is 0 Å². The van der Waals surface area contributed by atoms with Crippen LogP contribution in [0.4, 0.5) is 0 Å². The molecule has 2 rings (SSSR count). The quantitative estimate of drug-likeness (QED) is 0.739. The second kappa shape index (κ2) is 5.24. The number of aliphatic carboxylic acids is 1. The van der Waals surface area contributed by atoms with Gasteiger partial charge in [0.15, 0.2) is 6.10 Å². The fourth-order valence-electron chi connectivity index (χ4n) is 2.69. The van der Waals surface area contributed by atoms with Gasteiger partial charge < -0.3 is 20.5 Å². The summed E-state index contributed by atoms with van der Waals surface area (Å²) in [5.74, 6) is -1.07. The van der Waals surface area contributed by atoms with Crippen LogP contribution in [0.15, 0.2) is 0 Å². The molecule has 1 heterocycles. The second-order valence-corrected chi connectivity index (χ2v) is 5.28. The van der Waals surface area contributed by atoms with Crippen molar-refractivity contribution in [1.82, 2.24) is 4.90 Å². The van der Waals surface area contributed by atoms with Crippen molar-refractivity contribution in [2.24, 2.45) is 5.73 Å². The Bertz CT molecular complexity index is 339. The van der Waals surface area contributed by atoms with Gasteiger partial charge in [0.25, 0.3) is 0 Å². The first-order valence-corrected chi connectivity index (χ1v) is 6.41. The third kappa shape index (κ3) is 3.00. The van der Waals surface area contributed by atoms with Gasteiger partial charge in [0.05, 0.1) is 13.2 Å². The molecule has 1 atom stereocenters. The molecule has 0 spiro atoms. The van der Waals surface area contributed by atoms with Crippen LogP contribution in [-0.2, 0) is 14.3 Å². The number of carboxylic acid groups (broad SMARTS) is 1. The Kier molecular flexibility index (Phi) is 3.87. The molecule has 1 saturated carbocycles. The molecule has 0 aromatic heterocycles. The van der Waals surface area contributed by atoms with Crippen molar-refractivity contribution in [1.29, 1.82) is 0 Å². The van der Waals surface area contributed by atoms with Gasteiger partial charge in [-0.2, -0.15) is 0 Å². The first kappa shape index (κ1) is 13.3. The number of rotatable bonds is 3. The van der Waals surface area contributed by atoms with Crippen LogP contribution in [0.5, 0.6) is 0 Å². The van der Waals surface area contributed by atoms with Crippen LogP contribution >= 0.6 is 0 Å². The molecule has 1 unspecified atom stereocenters. The summed E-state index contributed by atoms with van der Waals surface area (Å²) < 4.78 is 5.09. The van der Waals surface area contributed by atoms with E-state index in [1.807, 2.05) is 0 Å². The van der Waals surface area contributed by atoms with Crippen LogP contribution in [0.3, 0.4) is 0 Å². The third-order valence-corrected chi connectivity index (χ3v) is 3.80. The molecule has 0 radical (unpaired) electrons. The Morgan fingerprint density at radius 2 is 2.06 bits per heavy atom. The van der Waals surface area contributed by atoms with E-state index in [1.54, 1.807) is 4.90 Å². The van der Waals surface area contributed by atoms with Crippen LogP contribution < -0.4 is 5.73 Å². The molecular formula is C12H20N2O4. The molecule has 2 fully saturated rings. The van der Waals surface area contributed by atoms with E-state index in [9.17, 15) is 9.59 Å². The minimum absolute atomic E-state index is 0.0473. The molecule has 1 saturated heterocycles. The summed E-state index contributed by atoms with van der Waals surface area (Å²) in [6, 6.07) is 0. The number of hydrogen-bond donors (Lipinski definition) is 2. The number of carbonyl (C=O) groups excluding carboxylic acids is 1. The molecule has 6 heteroatoms. The molecule has 0 aromatic rings. The predicted octanol–water partition coefficient (Wildman–Crippen LogP) is -0.0400. The van der Waals surface area contributed by atoms with Crippen molar-refractivity contribution in [2.45, 2.75) is 43.7 Å². The van der Waals surface area contributed by atoms with Crippen LogP contribution in [0.25, 0.3) is 0 Å². The van der Waals surface area contributed by atoms with E-state index < -0.39 is 12.1 Å². The van der Waals surface area contributed by atoms with Gasteiger partial charge in [-0.25, -0.2) is 4.79 Å². The van der Waals surface area contributed by atoms with Gasteiger partial charge in [0, 0.05) is 18.5 Å². The summed E-state index contributed by atoms with van der Waals surface area (Å²) in [5.41, 5.74) is 5.79. The van der Waals surface area contributed by atoms with E-state index in [0.717, 1.165) is 25.7 Å². The summed E-state index contributed by atoms with van der Waals surface area (Å²) in [6.07, 6.45) is 3.32. The normalized spacial score (nSPS) is 27.2. The molecule has 0 bridgehead atoms. The standard InChI is InChI=1S/C12H20N2O4/c13-12(3-1-2-4-12)7-10(15)14-5-6-18-9(8-14)11(16)17/h9H,1-8,13H2,(H,16,17). The van der Waals surface area contributed by atoms with Crippen molar-refractivity contribution >= 4 is 11.9 Å². The zero-order chi connectivity index (χ0) is 13.2. The zero-order valence-corrected chi connectivity index (χ0v) is 10.4. The van der Waals surface area contributed by atoms with Gasteiger partial charge in [-0.1, -0.05) is 12.8 Å². The first-order valence-electron chi connectivity index (χ1n) is 6.41. The Labute approximate surface area is 106 Å². The number of carboxylic acids is 1. The Morgan fingerprint density at radius 1 is 1.39 bits per heavy atom. The maximum atomic E-state index is 12.1. The Morgan fingerprint density at radius 3 is 2.67 bits per heavy atom. The number of ether oxygens (including phenoxy) is 1. The highest BCUT2D eigenvalue weighted by molar-refractivity contribution is 5.79. The highest BCUT2D eigenvalue weighted by atomic mass is 16.5. The summed E-state index contributed by atoms with van der Waals surface area (Å²) in [4.78, 5) is 24.5. The lowest BCUT2D eigenvalue weighted by Gasteiger charge is -2.33. The molecule has 1 aliphatic heterocycles. The van der Waals surface area contributed by atoms with Crippen LogP contribution in [-0.4, -0.2) is 53.2 Å². The molecule has 2 aliphatic rings. The number of nitrogens with two attached hydrogens (primary N) is 1. The number of amides is 1. The third-order valence-electron chi connectivity index (χ3n) is 3.80. The fraction of sp³-hybridized carbons (Fsp3) is 0.833. The van der Waals surface area contributed by atoms with E-state index >= 15 is 0 Å². The second-order valence-electron chi connectivity index (χ2n) is 5.28. The predicted molar refractivity (Wildman–Crippen MR) is 64.0 cm³/mol. The van der Waals surface area contributed by atoms with Crippen molar-refractivity contribution in [3.05, 3.63) is 0 Å². The van der Waals surface area contributed by atoms with Gasteiger partial charge >= 0.3 is 5.97 Å². The molecule has 1 amide bonds. The number of hydrogen-bond acceptors (Lipinski definition) is 4. The van der Waals surface area contributed by atoms with Crippen LogP contribution in [0.2, 0.25) is 0 Å². The number of morpholine rings is 1. The van der Waals surface area contributed by atoms with E-state index in [-0.39, 0.29) is 24.6 Å². The summed E-state index contributed by atoms with van der Waals surface area (Å²) in [5, 5.41) is 8.89. The summed E-state index contributed by atoms with van der Waals surface area (Å²) in [6.45, 7) is 0.864. The van der Waals surface area contributed by atoms with E-state index in [4.69, 9.17) is 15.6 Å². The Balaban J connectivity index is 1.90. The average Bonchev–Trinajstić information content (AvgIpc) is 2.76. The lowest BCUT2D eigenvalue weighted by molar-refractivity contribution is -0.159. The van der Waals surface area contributed by atoms with Gasteiger partial charge in [-0.3, -0.25) is 4.79 Å². The largest absolute Gasteiger partial charge is 0.479 e. The highest BCUT2D eigenvalue weighted by Gasteiger charge is 2.35. The monoisotopic (exact) mass is 256 g/mol. The zero-order valence-electron chi connectivity index (χ0n) is 10.4. The van der Waals surface area contributed by atoms with Crippen molar-refractivity contribution < 1.29 is 19.4 Å². The van der Waals surface area contributed by atoms with Gasteiger partial charge in [-0.05, 0) is 12.8 Å². The minimum Gasteiger partial charge on any atom is -0.479 e. The molecular weight excluding hydrogens is 236 g/mol. The fourth-order valence-corrected chi connectivity index (χ4v) is 2.69. The van der Waals surface area contributed by atoms with Crippen LogP contribution in [0.1, 0.15) is 32.1 Å². The van der Waals surface area contributed by atoms with E-state index in [1.165, 1.54) is 0 Å². The molecule has 1 aliphatic carbocycles. The van der Waals surface area contributed by atoms with Gasteiger partial charge in [-0.15, -0.1) is 0 Å². The number of nitrogens with zero attached hydrogens (tertiary/aromatic N) is 1. The van der Waals surface area contributed by atoms with Gasteiger partial charge in [0.2, 0.25) is 5.91 Å². The Hall–Kier alpha value is -1.14. The molecule has 0 aromatic carbocycles. The maximum Gasteiger partial charge on any atom is 0.334 e. The highest BCUT2D eigenvalue weighted by Crippen LogP contribution is 2.30. The SMILES string of the molecule is NC1(CC(=O)N2CCOC(C(=O)O)C2)CCCC1. The molecule has 18 heavy (non-hydrogen) atoms. The molecule has 3 N–H and O–H groups in total. The van der Waals surface area contributed by atoms with E-state index in [2.05, 4.69) is 0 Å². The topological polar surface area (TPSA) is 92.9 Å². The van der Waals surface area contributed by atoms with Crippen LogP contribution in [0, 0.1) is 0 Å². The smallest absolute Gasteiger partial charge is 0.334 e. The molecule has 6 nitrogen and oxygen atoms in total. The lowest BCUT2D eigenvalue weighted by atomic mass is 9.94. The lowest BCUT2D eigenvalue weighted by Crippen LogP contribution is -2.51. The summed E-state index contributed by atoms with van der Waals surface area (Å²) >= 11 is 0. The van der Waals surface area contributed by atoms with E-state index in [0.29, 0.717) is 13.0 Å². The van der Waals surface area contributed by atoms with Gasteiger partial charge in [0.1, 0.15) is 0 Å².